The summed E-state index contributed by atoms with van der Waals surface area (Å²) in [5.74, 6) is 0.663. The van der Waals surface area contributed by atoms with E-state index in [1.54, 1.807) is 0 Å². The molecule has 0 aromatic heterocycles. The molecule has 202 valence electrons. The lowest BCUT2D eigenvalue weighted by Gasteiger charge is -2.29. The summed E-state index contributed by atoms with van der Waals surface area (Å²) >= 11 is 8.83. The number of amides is 1. The average molecular weight is 601 g/mol. The maximum atomic E-state index is 12.9. The number of halogens is 1. The lowest BCUT2D eigenvalue weighted by Crippen LogP contribution is -2.43. The third kappa shape index (κ3) is 10.7. The van der Waals surface area contributed by atoms with Crippen molar-refractivity contribution in [3.05, 3.63) is 88.9 Å². The molecule has 1 atom stereocenters. The van der Waals surface area contributed by atoms with Crippen LogP contribution >= 0.6 is 28.1 Å². The molecule has 3 N–H and O–H groups in total. The van der Waals surface area contributed by atoms with Gasteiger partial charge in [0.05, 0.1) is 6.54 Å². The van der Waals surface area contributed by atoms with Crippen LogP contribution in [0.1, 0.15) is 26.3 Å². The van der Waals surface area contributed by atoms with Crippen LogP contribution in [0.15, 0.2) is 83.3 Å². The Morgan fingerprint density at radius 3 is 2.13 bits per heavy atom. The van der Waals surface area contributed by atoms with Crippen LogP contribution in [-0.2, 0) is 11.2 Å². The Kier molecular flexibility index (Phi) is 10.9. The number of carbonyl (C=O) groups excluding carboxylic acids is 1. The van der Waals surface area contributed by atoms with E-state index in [9.17, 15) is 9.90 Å². The standard InChI is InChI=1S/C29H34BrN3O4S/c1-29(2,3)37-28(35)33(19-25(34)20-36-26-7-5-4-6-8-26)18-17-21-9-13-23(14-10-21)31-27(38)32-24-15-11-22(30)12-16-24/h4-16,25,34H,17-20H2,1-3H3,(H2,31,32,38)/t25-/m0/s1. The van der Waals surface area contributed by atoms with E-state index < -0.39 is 17.8 Å². The maximum Gasteiger partial charge on any atom is 0.410 e. The van der Waals surface area contributed by atoms with Crippen LogP contribution in [-0.4, -0.2) is 52.6 Å². The molecule has 0 aliphatic carbocycles. The summed E-state index contributed by atoms with van der Waals surface area (Å²) in [5, 5.41) is 17.4. The van der Waals surface area contributed by atoms with Gasteiger partial charge in [-0.25, -0.2) is 4.79 Å². The molecule has 0 saturated carbocycles. The summed E-state index contributed by atoms with van der Waals surface area (Å²) in [4.78, 5) is 14.4. The number of rotatable bonds is 10. The molecular formula is C29H34BrN3O4S. The van der Waals surface area contributed by atoms with Gasteiger partial charge in [-0.05, 0) is 93.5 Å². The van der Waals surface area contributed by atoms with Crippen molar-refractivity contribution in [2.45, 2.75) is 38.9 Å². The summed E-state index contributed by atoms with van der Waals surface area (Å²) in [5.41, 5.74) is 2.13. The first-order chi connectivity index (χ1) is 18.1. The van der Waals surface area contributed by atoms with Gasteiger partial charge < -0.3 is 30.1 Å². The molecule has 0 spiro atoms. The summed E-state index contributed by atoms with van der Waals surface area (Å²) < 4.78 is 12.2. The third-order valence-corrected chi connectivity index (χ3v) is 5.99. The van der Waals surface area contributed by atoms with Gasteiger partial charge >= 0.3 is 6.09 Å². The molecule has 0 heterocycles. The van der Waals surface area contributed by atoms with Crippen molar-refractivity contribution in [3.8, 4) is 5.75 Å². The predicted octanol–water partition coefficient (Wildman–Crippen LogP) is 6.48. The number of para-hydroxylation sites is 1. The smallest absolute Gasteiger partial charge is 0.410 e. The van der Waals surface area contributed by atoms with Gasteiger partial charge in [-0.1, -0.05) is 46.3 Å². The molecule has 1 amide bonds. The number of hydrogen-bond donors (Lipinski definition) is 3. The van der Waals surface area contributed by atoms with Crippen molar-refractivity contribution in [1.29, 1.82) is 0 Å². The first-order valence-electron chi connectivity index (χ1n) is 12.3. The van der Waals surface area contributed by atoms with Crippen molar-refractivity contribution in [3.63, 3.8) is 0 Å². The minimum absolute atomic E-state index is 0.0673. The number of hydrogen-bond acceptors (Lipinski definition) is 5. The number of ether oxygens (including phenoxy) is 2. The monoisotopic (exact) mass is 599 g/mol. The Morgan fingerprint density at radius 1 is 0.974 bits per heavy atom. The van der Waals surface area contributed by atoms with Gasteiger partial charge in [0.2, 0.25) is 0 Å². The summed E-state index contributed by atoms with van der Waals surface area (Å²) in [7, 11) is 0. The minimum Gasteiger partial charge on any atom is -0.491 e. The van der Waals surface area contributed by atoms with Crippen LogP contribution in [0, 0.1) is 0 Å². The maximum absolute atomic E-state index is 12.9. The summed E-state index contributed by atoms with van der Waals surface area (Å²) in [6.45, 7) is 6.00. The lowest BCUT2D eigenvalue weighted by molar-refractivity contribution is 0.00945. The van der Waals surface area contributed by atoms with E-state index in [4.69, 9.17) is 21.7 Å². The lowest BCUT2D eigenvalue weighted by atomic mass is 10.1. The second-order valence-corrected chi connectivity index (χ2v) is 11.1. The first kappa shape index (κ1) is 29.4. The van der Waals surface area contributed by atoms with Gasteiger partial charge in [0.15, 0.2) is 5.11 Å². The van der Waals surface area contributed by atoms with E-state index in [1.807, 2.05) is 99.6 Å². The Labute approximate surface area is 238 Å². The first-order valence-corrected chi connectivity index (χ1v) is 13.5. The zero-order valence-corrected chi connectivity index (χ0v) is 24.2. The molecule has 3 rings (SSSR count). The Bertz CT molecular complexity index is 1170. The van der Waals surface area contributed by atoms with E-state index in [1.165, 1.54) is 4.90 Å². The van der Waals surface area contributed by atoms with Crippen molar-refractivity contribution >= 4 is 50.7 Å². The number of aliphatic hydroxyl groups is 1. The van der Waals surface area contributed by atoms with E-state index in [0.717, 1.165) is 21.4 Å². The molecule has 0 bridgehead atoms. The number of anilines is 2. The fraction of sp³-hybridized carbons (Fsp3) is 0.310. The van der Waals surface area contributed by atoms with Gasteiger partial charge in [-0.3, -0.25) is 0 Å². The largest absolute Gasteiger partial charge is 0.491 e. The van der Waals surface area contributed by atoms with Crippen LogP contribution in [0.3, 0.4) is 0 Å². The second-order valence-electron chi connectivity index (χ2n) is 9.74. The number of nitrogens with zero attached hydrogens (tertiary/aromatic N) is 1. The molecule has 0 fully saturated rings. The fourth-order valence-electron chi connectivity index (χ4n) is 3.45. The topological polar surface area (TPSA) is 83.1 Å². The molecule has 38 heavy (non-hydrogen) atoms. The highest BCUT2D eigenvalue weighted by Gasteiger charge is 2.24. The zero-order valence-electron chi connectivity index (χ0n) is 21.8. The molecule has 3 aromatic carbocycles. The molecule has 3 aromatic rings. The van der Waals surface area contributed by atoms with Crippen LogP contribution < -0.4 is 15.4 Å². The molecule has 0 aliphatic heterocycles. The quantitative estimate of drug-likeness (QED) is 0.230. The molecule has 0 saturated heterocycles. The fourth-order valence-corrected chi connectivity index (χ4v) is 3.95. The van der Waals surface area contributed by atoms with Gasteiger partial charge in [-0.15, -0.1) is 0 Å². The van der Waals surface area contributed by atoms with Gasteiger partial charge in [-0.2, -0.15) is 0 Å². The minimum atomic E-state index is -0.867. The van der Waals surface area contributed by atoms with Gasteiger partial charge in [0, 0.05) is 22.4 Å². The van der Waals surface area contributed by atoms with Crippen molar-refractivity contribution in [2.75, 3.05) is 30.3 Å². The highest BCUT2D eigenvalue weighted by Crippen LogP contribution is 2.17. The highest BCUT2D eigenvalue weighted by molar-refractivity contribution is 9.10. The molecule has 0 radical (unpaired) electrons. The van der Waals surface area contributed by atoms with Crippen molar-refractivity contribution < 1.29 is 19.4 Å². The predicted molar refractivity (Wildman–Crippen MR) is 160 cm³/mol. The van der Waals surface area contributed by atoms with E-state index in [2.05, 4.69) is 26.6 Å². The third-order valence-electron chi connectivity index (χ3n) is 5.25. The van der Waals surface area contributed by atoms with E-state index in [-0.39, 0.29) is 13.2 Å². The Morgan fingerprint density at radius 2 is 1.55 bits per heavy atom. The molecular weight excluding hydrogens is 566 g/mol. The average Bonchev–Trinajstić information content (AvgIpc) is 2.87. The summed E-state index contributed by atoms with van der Waals surface area (Å²) in [6, 6.07) is 24.8. The number of carbonyl (C=O) groups is 1. The second kappa shape index (κ2) is 14.1. The number of aliphatic hydroxyl groups excluding tert-OH is 1. The number of benzene rings is 3. The number of nitrogens with one attached hydrogen (secondary N) is 2. The zero-order chi connectivity index (χ0) is 27.5. The van der Waals surface area contributed by atoms with Gasteiger partial charge in [0.1, 0.15) is 24.1 Å². The Hall–Kier alpha value is -3.14. The number of thiocarbonyl (C=S) groups is 1. The van der Waals surface area contributed by atoms with Crippen molar-refractivity contribution in [1.82, 2.24) is 4.90 Å². The van der Waals surface area contributed by atoms with Gasteiger partial charge in [0.25, 0.3) is 0 Å². The van der Waals surface area contributed by atoms with E-state index >= 15 is 0 Å². The normalized spacial score (nSPS) is 11.8. The molecule has 7 nitrogen and oxygen atoms in total. The summed E-state index contributed by atoms with van der Waals surface area (Å²) in [6.07, 6.45) is -0.750. The molecule has 9 heteroatoms. The SMILES string of the molecule is CC(C)(C)OC(=O)N(CCc1ccc(NC(=S)Nc2ccc(Br)cc2)cc1)C[C@H](O)COc1ccccc1. The van der Waals surface area contributed by atoms with Crippen LogP contribution in [0.5, 0.6) is 5.75 Å². The van der Waals surface area contributed by atoms with Crippen LogP contribution in [0.2, 0.25) is 0 Å². The van der Waals surface area contributed by atoms with Crippen LogP contribution in [0.4, 0.5) is 16.2 Å². The molecule has 0 aliphatic rings. The van der Waals surface area contributed by atoms with Crippen molar-refractivity contribution in [2.24, 2.45) is 0 Å². The van der Waals surface area contributed by atoms with E-state index in [0.29, 0.717) is 23.8 Å². The highest BCUT2D eigenvalue weighted by atomic mass is 79.9. The molecule has 0 unspecified atom stereocenters. The van der Waals surface area contributed by atoms with Crippen LogP contribution in [0.25, 0.3) is 0 Å². The Balaban J connectivity index is 1.54.